The standard InChI is InChI=1S/C11H9Cl2F3N2O2/c12-7-2-1-6(3-8(7)13)10(20)17-4-9(19)18-5-11(14,15)16/h1-3H,4-5H2,(H,17,20)(H,18,19). The van der Waals surface area contributed by atoms with Crippen LogP contribution < -0.4 is 10.6 Å². The summed E-state index contributed by atoms with van der Waals surface area (Å²) in [6, 6.07) is 4.05. The molecule has 20 heavy (non-hydrogen) atoms. The van der Waals surface area contributed by atoms with E-state index >= 15 is 0 Å². The lowest BCUT2D eigenvalue weighted by molar-refractivity contribution is -0.137. The van der Waals surface area contributed by atoms with E-state index in [9.17, 15) is 22.8 Å². The Morgan fingerprint density at radius 2 is 1.75 bits per heavy atom. The Morgan fingerprint density at radius 1 is 1.10 bits per heavy atom. The smallest absolute Gasteiger partial charge is 0.345 e. The Kier molecular flexibility index (Phi) is 5.64. The Labute approximate surface area is 122 Å². The molecule has 2 amide bonds. The molecule has 0 aromatic heterocycles. The summed E-state index contributed by atoms with van der Waals surface area (Å²) in [5.41, 5.74) is 0.142. The molecule has 1 rings (SSSR count). The van der Waals surface area contributed by atoms with Gasteiger partial charge in [-0.3, -0.25) is 9.59 Å². The van der Waals surface area contributed by atoms with E-state index in [0.29, 0.717) is 0 Å². The summed E-state index contributed by atoms with van der Waals surface area (Å²) in [6.07, 6.45) is -4.50. The number of hydrogen-bond acceptors (Lipinski definition) is 2. The maximum absolute atomic E-state index is 11.8. The lowest BCUT2D eigenvalue weighted by atomic mass is 10.2. The minimum absolute atomic E-state index is 0.142. The van der Waals surface area contributed by atoms with Crippen LogP contribution in [0.1, 0.15) is 10.4 Å². The number of alkyl halides is 3. The van der Waals surface area contributed by atoms with Gasteiger partial charge in [-0.1, -0.05) is 23.2 Å². The van der Waals surface area contributed by atoms with Crippen molar-refractivity contribution in [2.45, 2.75) is 6.18 Å². The lowest BCUT2D eigenvalue weighted by Gasteiger charge is -2.09. The van der Waals surface area contributed by atoms with Gasteiger partial charge in [-0.2, -0.15) is 13.2 Å². The molecular weight excluding hydrogens is 320 g/mol. The molecule has 0 saturated carbocycles. The van der Waals surface area contributed by atoms with E-state index in [1.807, 2.05) is 0 Å². The Hall–Kier alpha value is -1.47. The van der Waals surface area contributed by atoms with Crippen molar-refractivity contribution in [3.63, 3.8) is 0 Å². The molecule has 0 saturated heterocycles. The molecule has 0 unspecified atom stereocenters. The number of hydrogen-bond donors (Lipinski definition) is 2. The van der Waals surface area contributed by atoms with Crippen molar-refractivity contribution < 1.29 is 22.8 Å². The van der Waals surface area contributed by atoms with Gasteiger partial charge in [-0.25, -0.2) is 0 Å². The molecule has 110 valence electrons. The topological polar surface area (TPSA) is 58.2 Å². The molecule has 1 aromatic carbocycles. The summed E-state index contributed by atoms with van der Waals surface area (Å²) >= 11 is 11.4. The van der Waals surface area contributed by atoms with E-state index in [1.165, 1.54) is 18.2 Å². The van der Waals surface area contributed by atoms with E-state index in [2.05, 4.69) is 5.32 Å². The molecule has 0 aliphatic carbocycles. The van der Waals surface area contributed by atoms with Crippen molar-refractivity contribution in [1.82, 2.24) is 10.6 Å². The van der Waals surface area contributed by atoms with Crippen molar-refractivity contribution >= 4 is 35.0 Å². The van der Waals surface area contributed by atoms with Crippen molar-refractivity contribution in [2.75, 3.05) is 13.1 Å². The van der Waals surface area contributed by atoms with Crippen LogP contribution in [-0.4, -0.2) is 31.1 Å². The molecule has 0 heterocycles. The fraction of sp³-hybridized carbons (Fsp3) is 0.273. The summed E-state index contributed by atoms with van der Waals surface area (Å²) in [4.78, 5) is 22.7. The van der Waals surface area contributed by atoms with Gasteiger partial charge in [0.1, 0.15) is 6.54 Å². The second kappa shape index (κ2) is 6.81. The van der Waals surface area contributed by atoms with Crippen LogP contribution in [0.3, 0.4) is 0 Å². The van der Waals surface area contributed by atoms with E-state index in [-0.39, 0.29) is 15.6 Å². The predicted octanol–water partition coefficient (Wildman–Crippen LogP) is 2.40. The van der Waals surface area contributed by atoms with Gasteiger partial charge in [-0.15, -0.1) is 0 Å². The van der Waals surface area contributed by atoms with Crippen LogP contribution in [0.4, 0.5) is 13.2 Å². The van der Waals surface area contributed by atoms with Crippen LogP contribution in [0.5, 0.6) is 0 Å². The van der Waals surface area contributed by atoms with Crippen molar-refractivity contribution in [3.8, 4) is 0 Å². The normalized spacial score (nSPS) is 11.1. The second-order valence-corrected chi connectivity index (χ2v) is 4.52. The molecule has 0 fully saturated rings. The molecule has 0 atom stereocenters. The van der Waals surface area contributed by atoms with Gasteiger partial charge < -0.3 is 10.6 Å². The van der Waals surface area contributed by atoms with Gasteiger partial charge >= 0.3 is 6.18 Å². The first-order valence-electron chi connectivity index (χ1n) is 5.26. The zero-order valence-corrected chi connectivity index (χ0v) is 11.4. The van der Waals surface area contributed by atoms with Gasteiger partial charge in [-0.05, 0) is 18.2 Å². The highest BCUT2D eigenvalue weighted by Crippen LogP contribution is 2.22. The van der Waals surface area contributed by atoms with E-state index in [0.717, 1.165) is 0 Å². The first kappa shape index (κ1) is 16.6. The highest BCUT2D eigenvalue weighted by molar-refractivity contribution is 6.42. The molecule has 0 aliphatic rings. The predicted molar refractivity (Wildman–Crippen MR) is 67.9 cm³/mol. The number of amides is 2. The maximum Gasteiger partial charge on any atom is 0.405 e. The molecule has 0 aliphatic heterocycles. The minimum Gasteiger partial charge on any atom is -0.345 e. The van der Waals surface area contributed by atoms with Gasteiger partial charge in [0.15, 0.2) is 0 Å². The summed E-state index contributed by atoms with van der Waals surface area (Å²) in [5, 5.41) is 4.19. The zero-order chi connectivity index (χ0) is 15.3. The number of carbonyl (C=O) groups is 2. The summed E-state index contributed by atoms with van der Waals surface area (Å²) < 4.78 is 35.5. The van der Waals surface area contributed by atoms with E-state index in [4.69, 9.17) is 23.2 Å². The van der Waals surface area contributed by atoms with Crippen LogP contribution in [0.25, 0.3) is 0 Å². The summed E-state index contributed by atoms with van der Waals surface area (Å²) in [5.74, 6) is -1.60. The third-order valence-electron chi connectivity index (χ3n) is 2.08. The first-order chi connectivity index (χ1) is 9.19. The van der Waals surface area contributed by atoms with Gasteiger partial charge in [0.2, 0.25) is 5.91 Å². The molecule has 9 heteroatoms. The average Bonchev–Trinajstić information content (AvgIpc) is 2.36. The fourth-order valence-corrected chi connectivity index (χ4v) is 1.46. The largest absolute Gasteiger partial charge is 0.405 e. The number of benzene rings is 1. The van der Waals surface area contributed by atoms with Gasteiger partial charge in [0.05, 0.1) is 16.6 Å². The maximum atomic E-state index is 11.8. The van der Waals surface area contributed by atoms with Crippen LogP contribution >= 0.6 is 23.2 Å². The SMILES string of the molecule is O=C(CNC(=O)c1ccc(Cl)c(Cl)c1)NCC(F)(F)F. The quantitative estimate of drug-likeness (QED) is 0.891. The van der Waals surface area contributed by atoms with Crippen LogP contribution in [0.2, 0.25) is 10.0 Å². The molecule has 4 nitrogen and oxygen atoms in total. The van der Waals surface area contributed by atoms with Gasteiger partial charge in [0.25, 0.3) is 5.91 Å². The highest BCUT2D eigenvalue weighted by atomic mass is 35.5. The third-order valence-corrected chi connectivity index (χ3v) is 2.82. The molecule has 0 spiro atoms. The monoisotopic (exact) mass is 328 g/mol. The molecule has 0 radical (unpaired) electrons. The van der Waals surface area contributed by atoms with E-state index < -0.39 is 31.1 Å². The molecular formula is C11H9Cl2F3N2O2. The number of halogens is 5. The van der Waals surface area contributed by atoms with Crippen LogP contribution in [0.15, 0.2) is 18.2 Å². The second-order valence-electron chi connectivity index (χ2n) is 3.70. The average molecular weight is 329 g/mol. The van der Waals surface area contributed by atoms with Crippen LogP contribution in [-0.2, 0) is 4.79 Å². The zero-order valence-electron chi connectivity index (χ0n) is 9.85. The number of rotatable bonds is 4. The first-order valence-corrected chi connectivity index (χ1v) is 6.01. The van der Waals surface area contributed by atoms with Crippen LogP contribution in [0, 0.1) is 0 Å². The Balaban J connectivity index is 2.47. The number of carbonyl (C=O) groups excluding carboxylic acids is 2. The van der Waals surface area contributed by atoms with Crippen molar-refractivity contribution in [2.24, 2.45) is 0 Å². The summed E-state index contributed by atoms with van der Waals surface area (Å²) in [7, 11) is 0. The minimum atomic E-state index is -4.50. The van der Waals surface area contributed by atoms with Crippen molar-refractivity contribution in [3.05, 3.63) is 33.8 Å². The molecule has 1 aromatic rings. The number of nitrogens with one attached hydrogen (secondary N) is 2. The lowest BCUT2D eigenvalue weighted by Crippen LogP contribution is -2.40. The highest BCUT2D eigenvalue weighted by Gasteiger charge is 2.27. The molecule has 0 bridgehead atoms. The molecule has 2 N–H and O–H groups in total. The Bertz CT molecular complexity index is 521. The third kappa shape index (κ3) is 5.66. The Morgan fingerprint density at radius 3 is 2.30 bits per heavy atom. The summed E-state index contributed by atoms with van der Waals surface area (Å²) in [6.45, 7) is -2.02. The van der Waals surface area contributed by atoms with E-state index in [1.54, 1.807) is 5.32 Å². The fourth-order valence-electron chi connectivity index (χ4n) is 1.16. The van der Waals surface area contributed by atoms with Crippen molar-refractivity contribution in [1.29, 1.82) is 0 Å². The van der Waals surface area contributed by atoms with Gasteiger partial charge in [0, 0.05) is 5.56 Å².